The molecule has 0 aliphatic rings. The van der Waals surface area contributed by atoms with Crippen LogP contribution in [0.4, 0.5) is 0 Å². The number of benzene rings is 2. The molecule has 0 saturated carbocycles. The fourth-order valence-electron chi connectivity index (χ4n) is 4.37. The van der Waals surface area contributed by atoms with Crippen LogP contribution in [0.25, 0.3) is 33.0 Å². The summed E-state index contributed by atoms with van der Waals surface area (Å²) in [7, 11) is 0. The predicted molar refractivity (Wildman–Crippen MR) is 124 cm³/mol. The molecule has 0 atom stereocenters. The first-order valence-electron chi connectivity index (χ1n) is 10.6. The van der Waals surface area contributed by atoms with Crippen LogP contribution in [0, 0.1) is 19.3 Å². The Kier molecular flexibility index (Phi) is 4.77. The van der Waals surface area contributed by atoms with Gasteiger partial charge in [-0.2, -0.15) is 0 Å². The summed E-state index contributed by atoms with van der Waals surface area (Å²) in [5.41, 5.74) is 7.16. The van der Waals surface area contributed by atoms with Crippen LogP contribution >= 0.6 is 0 Å². The Morgan fingerprint density at radius 2 is 1.72 bits per heavy atom. The van der Waals surface area contributed by atoms with Gasteiger partial charge in [0.2, 0.25) is 0 Å². The van der Waals surface area contributed by atoms with E-state index in [1.165, 1.54) is 32.8 Å². The zero-order valence-corrected chi connectivity index (χ0v) is 18.7. The lowest BCUT2D eigenvalue weighted by molar-refractivity contribution is 0.411. The summed E-state index contributed by atoms with van der Waals surface area (Å²) in [6.45, 7) is 15.5. The Bertz CT molecular complexity index is 1200. The third-order valence-corrected chi connectivity index (χ3v) is 5.56. The van der Waals surface area contributed by atoms with E-state index in [1.54, 1.807) is 0 Å². The minimum absolute atomic E-state index is 0.269. The van der Waals surface area contributed by atoms with Gasteiger partial charge in [-0.25, -0.2) is 0 Å². The molecule has 4 rings (SSSR count). The highest BCUT2D eigenvalue weighted by Gasteiger charge is 2.19. The van der Waals surface area contributed by atoms with Gasteiger partial charge in [-0.15, -0.1) is 0 Å². The summed E-state index contributed by atoms with van der Waals surface area (Å²) in [6.07, 6.45) is 2.98. The molecule has 0 aliphatic heterocycles. The summed E-state index contributed by atoms with van der Waals surface area (Å²) in [5.74, 6) is 1.43. The lowest BCUT2D eigenvalue weighted by Crippen LogP contribution is -2.08. The van der Waals surface area contributed by atoms with Crippen molar-refractivity contribution in [2.45, 2.75) is 60.8 Å². The van der Waals surface area contributed by atoms with E-state index in [1.807, 2.05) is 6.20 Å². The largest absolute Gasteiger partial charge is 0.460 e. The normalized spacial score (nSPS) is 12.4. The fourth-order valence-corrected chi connectivity index (χ4v) is 4.37. The minimum atomic E-state index is 0.269. The number of furan rings is 1. The predicted octanol–water partition coefficient (Wildman–Crippen LogP) is 7.98. The molecule has 0 unspecified atom stereocenters. The van der Waals surface area contributed by atoms with Gasteiger partial charge in [-0.3, -0.25) is 4.98 Å². The van der Waals surface area contributed by atoms with Crippen LogP contribution in [-0.2, 0) is 6.42 Å². The topological polar surface area (TPSA) is 26.0 Å². The zero-order chi connectivity index (χ0) is 20.9. The Labute approximate surface area is 174 Å². The highest BCUT2D eigenvalue weighted by Crippen LogP contribution is 2.39. The molecule has 0 spiro atoms. The lowest BCUT2D eigenvalue weighted by atomic mass is 9.87. The van der Waals surface area contributed by atoms with Gasteiger partial charge in [0, 0.05) is 28.5 Å². The molecule has 2 heterocycles. The van der Waals surface area contributed by atoms with Crippen LogP contribution in [0.3, 0.4) is 0 Å². The van der Waals surface area contributed by atoms with Crippen LogP contribution in [-0.4, -0.2) is 4.98 Å². The maximum absolute atomic E-state index is 6.40. The molecule has 2 nitrogen and oxygen atoms in total. The van der Waals surface area contributed by atoms with E-state index in [9.17, 15) is 0 Å². The smallest absolute Gasteiger partial charge is 0.143 e. The number of hydrogen-bond acceptors (Lipinski definition) is 2. The Morgan fingerprint density at radius 3 is 2.41 bits per heavy atom. The molecule has 0 bridgehead atoms. The first-order valence-corrected chi connectivity index (χ1v) is 10.6. The average molecular weight is 386 g/mol. The molecule has 0 amide bonds. The molecule has 2 aromatic carbocycles. The second kappa shape index (κ2) is 7.02. The van der Waals surface area contributed by atoms with Crippen LogP contribution in [0.2, 0.25) is 0 Å². The summed E-state index contributed by atoms with van der Waals surface area (Å²) >= 11 is 0. The first-order chi connectivity index (χ1) is 13.6. The van der Waals surface area contributed by atoms with E-state index >= 15 is 0 Å². The van der Waals surface area contributed by atoms with Crippen molar-refractivity contribution in [2.24, 2.45) is 5.41 Å². The van der Waals surface area contributed by atoms with Crippen molar-refractivity contribution in [1.29, 1.82) is 0 Å². The van der Waals surface area contributed by atoms with Crippen LogP contribution < -0.4 is 0 Å². The van der Waals surface area contributed by atoms with Gasteiger partial charge in [0.25, 0.3) is 0 Å². The SMILES string of the molecule is Cc1cc(-c2nccc3cc(CC(C)(C)C)ccc23)c2oc(C(C)C)c(C)c2c1. The van der Waals surface area contributed by atoms with Crippen LogP contribution in [0.1, 0.15) is 63.0 Å². The maximum atomic E-state index is 6.40. The lowest BCUT2D eigenvalue weighted by Gasteiger charge is -2.18. The average Bonchev–Trinajstić information content (AvgIpc) is 2.96. The number of hydrogen-bond donors (Lipinski definition) is 0. The molecule has 2 heteroatoms. The zero-order valence-electron chi connectivity index (χ0n) is 18.7. The summed E-state index contributed by atoms with van der Waals surface area (Å²) in [5, 5.41) is 3.61. The van der Waals surface area contributed by atoms with Crippen molar-refractivity contribution >= 4 is 21.7 Å². The number of nitrogens with zero attached hydrogens (tertiary/aromatic N) is 1. The Morgan fingerprint density at radius 1 is 0.966 bits per heavy atom. The van der Waals surface area contributed by atoms with E-state index in [0.717, 1.165) is 29.0 Å². The van der Waals surface area contributed by atoms with Gasteiger partial charge < -0.3 is 4.42 Å². The third-order valence-electron chi connectivity index (χ3n) is 5.56. The standard InChI is InChI=1S/C27H31NO/c1-16(2)25-18(4)22-12-17(3)13-23(26(22)29-25)24-21-9-8-19(15-27(5,6)7)14-20(21)10-11-28-24/h8-14,16H,15H2,1-7H3. The van der Waals surface area contributed by atoms with Gasteiger partial charge in [-0.1, -0.05) is 52.8 Å². The number of rotatable bonds is 3. The minimum Gasteiger partial charge on any atom is -0.460 e. The third kappa shape index (κ3) is 3.69. The number of pyridine rings is 1. The molecule has 0 fully saturated rings. The van der Waals surface area contributed by atoms with E-state index in [0.29, 0.717) is 5.92 Å². The van der Waals surface area contributed by atoms with E-state index < -0.39 is 0 Å². The van der Waals surface area contributed by atoms with E-state index in [-0.39, 0.29) is 5.41 Å². The fraction of sp³-hybridized carbons (Fsp3) is 0.370. The Hall–Kier alpha value is -2.61. The molecule has 0 aliphatic carbocycles. The van der Waals surface area contributed by atoms with Gasteiger partial charge in [0.15, 0.2) is 0 Å². The van der Waals surface area contributed by atoms with Crippen LogP contribution in [0.5, 0.6) is 0 Å². The maximum Gasteiger partial charge on any atom is 0.143 e. The van der Waals surface area contributed by atoms with Crippen molar-refractivity contribution in [1.82, 2.24) is 4.98 Å². The molecular weight excluding hydrogens is 354 g/mol. The summed E-state index contributed by atoms with van der Waals surface area (Å²) < 4.78 is 6.40. The second-order valence-electron chi connectivity index (χ2n) is 9.89. The second-order valence-corrected chi connectivity index (χ2v) is 9.89. The molecule has 0 radical (unpaired) electrons. The molecule has 0 N–H and O–H groups in total. The molecular formula is C27H31NO. The summed E-state index contributed by atoms with van der Waals surface area (Å²) in [6, 6.07) is 13.3. The quantitative estimate of drug-likeness (QED) is 0.357. The van der Waals surface area contributed by atoms with E-state index in [2.05, 4.69) is 84.9 Å². The number of fused-ring (bicyclic) bond motifs is 2. The van der Waals surface area contributed by atoms with Crippen molar-refractivity contribution < 1.29 is 4.42 Å². The first kappa shape index (κ1) is 19.7. The highest BCUT2D eigenvalue weighted by molar-refractivity contribution is 6.03. The number of aryl methyl sites for hydroxylation is 2. The molecule has 29 heavy (non-hydrogen) atoms. The van der Waals surface area contributed by atoms with Crippen LogP contribution in [0.15, 0.2) is 47.0 Å². The van der Waals surface area contributed by atoms with Gasteiger partial charge in [0.1, 0.15) is 11.3 Å². The highest BCUT2D eigenvalue weighted by atomic mass is 16.3. The molecule has 4 aromatic rings. The van der Waals surface area contributed by atoms with Crippen molar-refractivity contribution in [3.05, 3.63) is 65.0 Å². The molecule has 2 aromatic heterocycles. The summed E-state index contributed by atoms with van der Waals surface area (Å²) in [4.78, 5) is 4.80. The monoisotopic (exact) mass is 385 g/mol. The van der Waals surface area contributed by atoms with Gasteiger partial charge >= 0.3 is 0 Å². The molecule has 0 saturated heterocycles. The van der Waals surface area contributed by atoms with Gasteiger partial charge in [0.05, 0.1) is 5.69 Å². The van der Waals surface area contributed by atoms with Crippen molar-refractivity contribution in [3.63, 3.8) is 0 Å². The number of aromatic nitrogens is 1. The molecule has 150 valence electrons. The van der Waals surface area contributed by atoms with Gasteiger partial charge in [-0.05, 0) is 66.0 Å². The Balaban J connectivity index is 1.95. The van der Waals surface area contributed by atoms with Crippen molar-refractivity contribution in [2.75, 3.05) is 0 Å². The van der Waals surface area contributed by atoms with E-state index in [4.69, 9.17) is 9.40 Å². The van der Waals surface area contributed by atoms with Crippen molar-refractivity contribution in [3.8, 4) is 11.3 Å².